The first-order valence-electron chi connectivity index (χ1n) is 5.72. The normalized spacial score (nSPS) is 10.7. The van der Waals surface area contributed by atoms with Gasteiger partial charge in [-0.25, -0.2) is 8.78 Å². The molecule has 1 aromatic rings. The lowest BCUT2D eigenvalue weighted by Crippen LogP contribution is -2.33. The van der Waals surface area contributed by atoms with Gasteiger partial charge in [-0.1, -0.05) is 6.92 Å². The van der Waals surface area contributed by atoms with E-state index in [1.807, 2.05) is 20.8 Å². The second-order valence-corrected chi connectivity index (χ2v) is 4.24. The largest absolute Gasteiger partial charge is 0.364 e. The molecule has 17 heavy (non-hydrogen) atoms. The Bertz CT molecular complexity index is 381. The van der Waals surface area contributed by atoms with Gasteiger partial charge in [0.2, 0.25) is 0 Å². The summed E-state index contributed by atoms with van der Waals surface area (Å²) >= 11 is 0. The molecule has 0 amide bonds. The van der Waals surface area contributed by atoms with E-state index in [0.29, 0.717) is 12.8 Å². The highest BCUT2D eigenvalue weighted by Crippen LogP contribution is 2.26. The molecule has 0 saturated heterocycles. The first kappa shape index (κ1) is 13.6. The van der Waals surface area contributed by atoms with Crippen molar-refractivity contribution in [3.05, 3.63) is 29.3 Å². The van der Waals surface area contributed by atoms with Crippen LogP contribution in [0.5, 0.6) is 0 Å². The zero-order valence-corrected chi connectivity index (χ0v) is 10.3. The third-order valence-corrected chi connectivity index (χ3v) is 2.55. The van der Waals surface area contributed by atoms with Crippen molar-refractivity contribution in [1.82, 2.24) is 0 Å². The molecule has 0 heterocycles. The van der Waals surface area contributed by atoms with Crippen molar-refractivity contribution >= 4 is 12.0 Å². The highest BCUT2D eigenvalue weighted by molar-refractivity contribution is 5.76. The Hall–Kier alpha value is -1.45. The maximum absolute atomic E-state index is 13.8. The van der Waals surface area contributed by atoms with Gasteiger partial charge in [0, 0.05) is 18.2 Å². The van der Waals surface area contributed by atoms with E-state index in [0.717, 1.165) is 18.6 Å². The van der Waals surface area contributed by atoms with Gasteiger partial charge in [0.25, 0.3) is 0 Å². The molecular weight excluding hydrogens is 224 g/mol. The summed E-state index contributed by atoms with van der Waals surface area (Å²) in [5.41, 5.74) is -0.0311. The fourth-order valence-electron chi connectivity index (χ4n) is 1.80. The zero-order valence-electron chi connectivity index (χ0n) is 10.3. The lowest BCUT2D eigenvalue weighted by atomic mass is 10.1. The molecule has 2 nitrogen and oxygen atoms in total. The summed E-state index contributed by atoms with van der Waals surface area (Å²) in [6, 6.07) is 2.13. The topological polar surface area (TPSA) is 20.3 Å². The van der Waals surface area contributed by atoms with E-state index in [1.54, 1.807) is 4.90 Å². The highest BCUT2D eigenvalue weighted by Gasteiger charge is 2.19. The SMILES string of the molecule is CCCN(c1c(F)cc(C=O)cc1F)C(C)C. The molecular formula is C13H17F2NO. The van der Waals surface area contributed by atoms with Gasteiger partial charge in [-0.3, -0.25) is 4.79 Å². The number of carbonyl (C=O) groups is 1. The van der Waals surface area contributed by atoms with E-state index >= 15 is 0 Å². The van der Waals surface area contributed by atoms with Crippen molar-refractivity contribution < 1.29 is 13.6 Å². The summed E-state index contributed by atoms with van der Waals surface area (Å²) in [7, 11) is 0. The first-order valence-corrected chi connectivity index (χ1v) is 5.72. The van der Waals surface area contributed by atoms with Crippen molar-refractivity contribution in [3.63, 3.8) is 0 Å². The van der Waals surface area contributed by atoms with Gasteiger partial charge < -0.3 is 4.90 Å². The Morgan fingerprint density at radius 2 is 1.82 bits per heavy atom. The summed E-state index contributed by atoms with van der Waals surface area (Å²) in [6.07, 6.45) is 1.24. The van der Waals surface area contributed by atoms with Crippen molar-refractivity contribution in [2.45, 2.75) is 33.2 Å². The van der Waals surface area contributed by atoms with Crippen LogP contribution in [0.4, 0.5) is 14.5 Å². The molecule has 4 heteroatoms. The molecule has 0 radical (unpaired) electrons. The maximum atomic E-state index is 13.8. The molecule has 0 unspecified atom stereocenters. The molecule has 1 aromatic carbocycles. The number of hydrogen-bond donors (Lipinski definition) is 0. The van der Waals surface area contributed by atoms with Gasteiger partial charge in [0.1, 0.15) is 23.6 Å². The van der Waals surface area contributed by atoms with Gasteiger partial charge in [0.05, 0.1) is 0 Å². The summed E-state index contributed by atoms with van der Waals surface area (Å²) in [4.78, 5) is 12.2. The van der Waals surface area contributed by atoms with Gasteiger partial charge in [-0.15, -0.1) is 0 Å². The van der Waals surface area contributed by atoms with Gasteiger partial charge in [-0.05, 0) is 32.4 Å². The molecule has 0 bridgehead atoms. The van der Waals surface area contributed by atoms with Crippen LogP contribution in [0.3, 0.4) is 0 Å². The standard InChI is InChI=1S/C13H17F2NO/c1-4-5-16(9(2)3)13-11(14)6-10(8-17)7-12(13)15/h6-9H,4-5H2,1-3H3. The van der Waals surface area contributed by atoms with Crippen LogP contribution in [0, 0.1) is 11.6 Å². The molecule has 0 fully saturated rings. The van der Waals surface area contributed by atoms with Gasteiger partial charge in [-0.2, -0.15) is 0 Å². The lowest BCUT2D eigenvalue weighted by molar-refractivity contribution is 0.112. The Labute approximate surface area is 100 Å². The Kier molecular flexibility index (Phi) is 4.61. The van der Waals surface area contributed by atoms with Crippen LogP contribution in [0.25, 0.3) is 0 Å². The van der Waals surface area contributed by atoms with Gasteiger partial charge >= 0.3 is 0 Å². The molecule has 0 N–H and O–H groups in total. The quantitative estimate of drug-likeness (QED) is 0.736. The maximum Gasteiger partial charge on any atom is 0.150 e. The van der Waals surface area contributed by atoms with Crippen LogP contribution >= 0.6 is 0 Å². The number of halogens is 2. The van der Waals surface area contributed by atoms with Crippen molar-refractivity contribution in [2.24, 2.45) is 0 Å². The Morgan fingerprint density at radius 3 is 2.18 bits per heavy atom. The minimum absolute atomic E-state index is 0.000955. The van der Waals surface area contributed by atoms with Crippen LogP contribution in [-0.4, -0.2) is 18.9 Å². The second-order valence-electron chi connectivity index (χ2n) is 4.24. The fraction of sp³-hybridized carbons (Fsp3) is 0.462. The summed E-state index contributed by atoms with van der Waals surface area (Å²) < 4.78 is 27.6. The van der Waals surface area contributed by atoms with Crippen LogP contribution in [0.2, 0.25) is 0 Å². The number of hydrogen-bond acceptors (Lipinski definition) is 2. The summed E-state index contributed by atoms with van der Waals surface area (Å²) in [5.74, 6) is -1.37. The number of rotatable bonds is 5. The molecule has 0 aliphatic rings. The zero-order chi connectivity index (χ0) is 13.0. The van der Waals surface area contributed by atoms with E-state index in [9.17, 15) is 13.6 Å². The van der Waals surface area contributed by atoms with E-state index in [-0.39, 0.29) is 17.3 Å². The summed E-state index contributed by atoms with van der Waals surface area (Å²) in [5, 5.41) is 0. The van der Waals surface area contributed by atoms with Crippen molar-refractivity contribution in [1.29, 1.82) is 0 Å². The molecule has 0 atom stereocenters. The van der Waals surface area contributed by atoms with Crippen LogP contribution < -0.4 is 4.90 Å². The average Bonchev–Trinajstić information content (AvgIpc) is 2.26. The van der Waals surface area contributed by atoms with Crippen LogP contribution in [-0.2, 0) is 0 Å². The van der Waals surface area contributed by atoms with E-state index in [1.165, 1.54) is 0 Å². The number of carbonyl (C=O) groups excluding carboxylic acids is 1. The highest BCUT2D eigenvalue weighted by atomic mass is 19.1. The predicted octanol–water partition coefficient (Wildman–Crippen LogP) is 3.40. The third kappa shape index (κ3) is 3.02. The smallest absolute Gasteiger partial charge is 0.150 e. The van der Waals surface area contributed by atoms with Crippen LogP contribution in [0.1, 0.15) is 37.6 Å². The third-order valence-electron chi connectivity index (χ3n) is 2.55. The molecule has 0 saturated carbocycles. The second kappa shape index (κ2) is 5.75. The van der Waals surface area contributed by atoms with E-state index in [2.05, 4.69) is 0 Å². The number of nitrogens with zero attached hydrogens (tertiary/aromatic N) is 1. The number of anilines is 1. The Morgan fingerprint density at radius 1 is 1.29 bits per heavy atom. The average molecular weight is 241 g/mol. The van der Waals surface area contributed by atoms with Crippen LogP contribution in [0.15, 0.2) is 12.1 Å². The first-order chi connectivity index (χ1) is 8.01. The minimum Gasteiger partial charge on any atom is -0.364 e. The lowest BCUT2D eigenvalue weighted by Gasteiger charge is -2.29. The Balaban J connectivity index is 3.23. The molecule has 0 aromatic heterocycles. The summed E-state index contributed by atoms with van der Waals surface area (Å²) in [6.45, 7) is 6.28. The predicted molar refractivity (Wildman–Crippen MR) is 64.5 cm³/mol. The number of benzene rings is 1. The number of aldehydes is 1. The monoisotopic (exact) mass is 241 g/mol. The molecule has 94 valence electrons. The van der Waals surface area contributed by atoms with Gasteiger partial charge in [0.15, 0.2) is 0 Å². The van der Waals surface area contributed by atoms with Crippen molar-refractivity contribution in [3.8, 4) is 0 Å². The minimum atomic E-state index is -0.686. The molecule has 0 aliphatic heterocycles. The van der Waals surface area contributed by atoms with Crippen molar-refractivity contribution in [2.75, 3.05) is 11.4 Å². The molecule has 0 aliphatic carbocycles. The van der Waals surface area contributed by atoms with E-state index in [4.69, 9.17) is 0 Å². The van der Waals surface area contributed by atoms with E-state index < -0.39 is 11.6 Å². The molecule has 0 spiro atoms. The molecule has 1 rings (SSSR count). The fourth-order valence-corrected chi connectivity index (χ4v) is 1.80.